The van der Waals surface area contributed by atoms with Gasteiger partial charge in [0.05, 0.1) is 18.4 Å². The highest BCUT2D eigenvalue weighted by molar-refractivity contribution is 5.91. The third-order valence-corrected chi connectivity index (χ3v) is 4.86. The Hall–Kier alpha value is -3.88. The molecule has 164 valence electrons. The zero-order valence-corrected chi connectivity index (χ0v) is 16.9. The number of benzene rings is 1. The lowest BCUT2D eigenvalue weighted by Crippen LogP contribution is -2.31. The molecule has 0 bridgehead atoms. The minimum atomic E-state index is -4.41. The number of furan rings is 1. The maximum atomic E-state index is 13.1. The Morgan fingerprint density at radius 1 is 1.03 bits per heavy atom. The van der Waals surface area contributed by atoms with Crippen molar-refractivity contribution in [1.82, 2.24) is 19.4 Å². The summed E-state index contributed by atoms with van der Waals surface area (Å²) in [5.74, 6) is 0.392. The van der Waals surface area contributed by atoms with Gasteiger partial charge in [-0.15, -0.1) is 0 Å². The Labute approximate surface area is 181 Å². The van der Waals surface area contributed by atoms with Crippen molar-refractivity contribution >= 4 is 5.91 Å². The van der Waals surface area contributed by atoms with Gasteiger partial charge in [-0.25, -0.2) is 4.98 Å². The molecule has 0 spiro atoms. The van der Waals surface area contributed by atoms with Crippen molar-refractivity contribution in [2.24, 2.45) is 0 Å². The third-order valence-electron chi connectivity index (χ3n) is 4.86. The van der Waals surface area contributed by atoms with Crippen LogP contribution in [0.25, 0.3) is 0 Å². The van der Waals surface area contributed by atoms with Gasteiger partial charge < -0.3 is 13.9 Å². The molecule has 3 heterocycles. The fourth-order valence-corrected chi connectivity index (χ4v) is 3.32. The molecule has 0 N–H and O–H groups in total. The molecule has 0 aliphatic heterocycles. The number of nitrogens with zero attached hydrogens (tertiary/aromatic N) is 4. The molecule has 4 aromatic rings. The summed E-state index contributed by atoms with van der Waals surface area (Å²) in [5, 5.41) is 0. The number of rotatable bonds is 7. The van der Waals surface area contributed by atoms with Gasteiger partial charge in [0.1, 0.15) is 5.82 Å². The van der Waals surface area contributed by atoms with Gasteiger partial charge in [0.25, 0.3) is 5.91 Å². The van der Waals surface area contributed by atoms with E-state index in [2.05, 4.69) is 9.97 Å². The maximum Gasteiger partial charge on any atom is 0.416 e. The van der Waals surface area contributed by atoms with Crippen LogP contribution in [0.4, 0.5) is 13.2 Å². The van der Waals surface area contributed by atoms with Crippen LogP contribution in [0.3, 0.4) is 0 Å². The van der Waals surface area contributed by atoms with Crippen LogP contribution in [0.5, 0.6) is 0 Å². The highest BCUT2D eigenvalue weighted by Gasteiger charge is 2.30. The molecule has 0 saturated carbocycles. The highest BCUT2D eigenvalue weighted by Crippen LogP contribution is 2.29. The van der Waals surface area contributed by atoms with Crippen LogP contribution in [-0.2, 0) is 25.8 Å². The van der Waals surface area contributed by atoms with Gasteiger partial charge in [0.15, 0.2) is 5.76 Å². The molecule has 9 heteroatoms. The first-order valence-electron chi connectivity index (χ1n) is 9.78. The number of hydrogen-bond acceptors (Lipinski definition) is 4. The lowest BCUT2D eigenvalue weighted by Gasteiger charge is -2.22. The topological polar surface area (TPSA) is 64.2 Å². The lowest BCUT2D eigenvalue weighted by molar-refractivity contribution is -0.137. The van der Waals surface area contributed by atoms with Crippen LogP contribution in [0.1, 0.15) is 33.1 Å². The van der Waals surface area contributed by atoms with Gasteiger partial charge >= 0.3 is 6.18 Å². The molecular formula is C23H19F3N4O2. The minimum absolute atomic E-state index is 0.139. The zero-order chi connectivity index (χ0) is 22.6. The van der Waals surface area contributed by atoms with Crippen molar-refractivity contribution < 1.29 is 22.4 Å². The first kappa shape index (κ1) is 21.4. The molecule has 0 saturated heterocycles. The van der Waals surface area contributed by atoms with Crippen molar-refractivity contribution in [3.8, 4) is 0 Å². The summed E-state index contributed by atoms with van der Waals surface area (Å²) < 4.78 is 46.1. The zero-order valence-electron chi connectivity index (χ0n) is 16.9. The summed E-state index contributed by atoms with van der Waals surface area (Å²) in [4.78, 5) is 23.0. The first-order chi connectivity index (χ1) is 15.4. The van der Waals surface area contributed by atoms with Crippen LogP contribution >= 0.6 is 0 Å². The van der Waals surface area contributed by atoms with E-state index in [0.29, 0.717) is 11.4 Å². The molecule has 3 aromatic heterocycles. The van der Waals surface area contributed by atoms with Crippen LogP contribution in [0.15, 0.2) is 84.0 Å². The number of aromatic nitrogens is 3. The Kier molecular flexibility index (Phi) is 6.07. The SMILES string of the molecule is O=C(c1ccco1)N(Cc1cccnc1)Cc1nccn1Cc1cccc(C(F)(F)F)c1. The standard InChI is InChI=1S/C23H19F3N4O2/c24-23(25,26)19-6-1-4-17(12-19)14-29-10-9-28-21(29)16-30(15-18-5-2-8-27-13-18)22(31)20-7-3-11-32-20/h1-13H,14-16H2. The van der Waals surface area contributed by atoms with E-state index in [1.54, 1.807) is 58.5 Å². The van der Waals surface area contributed by atoms with E-state index in [0.717, 1.165) is 17.7 Å². The Balaban J connectivity index is 1.57. The smallest absolute Gasteiger partial charge is 0.416 e. The molecule has 32 heavy (non-hydrogen) atoms. The third kappa shape index (κ3) is 5.05. The van der Waals surface area contributed by atoms with Crippen LogP contribution < -0.4 is 0 Å². The molecule has 0 fully saturated rings. The summed E-state index contributed by atoms with van der Waals surface area (Å²) >= 11 is 0. The van der Waals surface area contributed by atoms with E-state index in [9.17, 15) is 18.0 Å². The predicted molar refractivity (Wildman–Crippen MR) is 109 cm³/mol. The summed E-state index contributed by atoms with van der Waals surface area (Å²) in [6, 6.07) is 12.0. The molecule has 0 aliphatic rings. The second-order valence-corrected chi connectivity index (χ2v) is 7.17. The number of alkyl halides is 3. The van der Waals surface area contributed by atoms with E-state index >= 15 is 0 Å². The molecule has 6 nitrogen and oxygen atoms in total. The number of halogens is 3. The number of carbonyl (C=O) groups excluding carboxylic acids is 1. The number of hydrogen-bond donors (Lipinski definition) is 0. The number of amides is 1. The summed E-state index contributed by atoms with van der Waals surface area (Å²) in [7, 11) is 0. The average molecular weight is 440 g/mol. The molecule has 4 rings (SSSR count). The van der Waals surface area contributed by atoms with Crippen LogP contribution in [0, 0.1) is 0 Å². The Morgan fingerprint density at radius 2 is 1.88 bits per heavy atom. The number of carbonyl (C=O) groups is 1. The molecule has 0 aliphatic carbocycles. The van der Waals surface area contributed by atoms with Gasteiger partial charge in [-0.1, -0.05) is 18.2 Å². The number of pyridine rings is 1. The largest absolute Gasteiger partial charge is 0.459 e. The van der Waals surface area contributed by atoms with E-state index in [1.165, 1.54) is 12.3 Å². The maximum absolute atomic E-state index is 13.1. The van der Waals surface area contributed by atoms with Gasteiger partial charge in [-0.3, -0.25) is 9.78 Å². The molecule has 0 radical (unpaired) electrons. The first-order valence-corrected chi connectivity index (χ1v) is 9.78. The van der Waals surface area contributed by atoms with Gasteiger partial charge in [-0.2, -0.15) is 13.2 Å². The van der Waals surface area contributed by atoms with Crippen molar-refractivity contribution in [2.45, 2.75) is 25.8 Å². The van der Waals surface area contributed by atoms with Crippen molar-refractivity contribution in [3.63, 3.8) is 0 Å². The average Bonchev–Trinajstić information content (AvgIpc) is 3.46. The lowest BCUT2D eigenvalue weighted by atomic mass is 10.1. The number of imidazole rings is 1. The molecule has 0 atom stereocenters. The summed E-state index contributed by atoms with van der Waals surface area (Å²) in [5.41, 5.74) is 0.599. The predicted octanol–water partition coefficient (Wildman–Crippen LogP) is 4.78. The highest BCUT2D eigenvalue weighted by atomic mass is 19.4. The quantitative estimate of drug-likeness (QED) is 0.415. The monoisotopic (exact) mass is 440 g/mol. The normalized spacial score (nSPS) is 11.5. The summed E-state index contributed by atoms with van der Waals surface area (Å²) in [6.45, 7) is 0.596. The van der Waals surface area contributed by atoms with Crippen LogP contribution in [-0.4, -0.2) is 25.3 Å². The fourth-order valence-electron chi connectivity index (χ4n) is 3.32. The molecular weight excluding hydrogens is 421 g/mol. The molecule has 1 amide bonds. The molecule has 0 unspecified atom stereocenters. The second kappa shape index (κ2) is 9.09. The van der Waals surface area contributed by atoms with Crippen LogP contribution in [0.2, 0.25) is 0 Å². The van der Waals surface area contributed by atoms with Gasteiger partial charge in [-0.05, 0) is 41.5 Å². The molecule has 1 aromatic carbocycles. The van der Waals surface area contributed by atoms with Gasteiger partial charge in [0.2, 0.25) is 0 Å². The van der Waals surface area contributed by atoms with E-state index in [-0.39, 0.29) is 31.3 Å². The van der Waals surface area contributed by atoms with E-state index < -0.39 is 11.7 Å². The Bertz CT molecular complexity index is 1170. The second-order valence-electron chi connectivity index (χ2n) is 7.17. The van der Waals surface area contributed by atoms with Crippen molar-refractivity contribution in [3.05, 3.63) is 108 Å². The van der Waals surface area contributed by atoms with E-state index in [1.807, 2.05) is 6.07 Å². The van der Waals surface area contributed by atoms with Gasteiger partial charge in [0, 0.05) is 37.9 Å². The minimum Gasteiger partial charge on any atom is -0.459 e. The summed E-state index contributed by atoms with van der Waals surface area (Å²) in [6.07, 6.45) is 3.55. The fraction of sp³-hybridized carbons (Fsp3) is 0.174. The van der Waals surface area contributed by atoms with E-state index in [4.69, 9.17) is 4.42 Å². The van der Waals surface area contributed by atoms with Crippen molar-refractivity contribution in [2.75, 3.05) is 0 Å². The Morgan fingerprint density at radius 3 is 2.59 bits per heavy atom. The van der Waals surface area contributed by atoms with Crippen molar-refractivity contribution in [1.29, 1.82) is 0 Å².